The summed E-state index contributed by atoms with van der Waals surface area (Å²) in [6, 6.07) is 15.0. The number of benzene rings is 2. The van der Waals surface area contributed by atoms with Gasteiger partial charge in [-0.15, -0.1) is 16.7 Å². The molecule has 0 aliphatic heterocycles. The highest BCUT2D eigenvalue weighted by atomic mass is 35.5. The molecule has 5 nitrogen and oxygen atoms in total. The number of nitrogens with zero attached hydrogens (tertiary/aromatic N) is 3. The zero-order valence-electron chi connectivity index (χ0n) is 14.8. The molecule has 0 atom stereocenters. The van der Waals surface area contributed by atoms with Gasteiger partial charge in [0.25, 0.3) is 0 Å². The molecular formula is C20H17Cl2N3O2. The lowest BCUT2D eigenvalue weighted by Gasteiger charge is -2.10. The Morgan fingerprint density at radius 3 is 2.59 bits per heavy atom. The number of alkyl halides is 1. The number of fused-ring (bicyclic) bond motifs is 1. The molecular weight excluding hydrogens is 385 g/mol. The van der Waals surface area contributed by atoms with Gasteiger partial charge in [0, 0.05) is 10.4 Å². The minimum Gasteiger partial charge on any atom is -0.491 e. The van der Waals surface area contributed by atoms with Crippen LogP contribution < -0.4 is 4.74 Å². The first-order valence-electron chi connectivity index (χ1n) is 8.52. The lowest BCUT2D eigenvalue weighted by Crippen LogP contribution is -2.05. The molecule has 2 heterocycles. The topological polar surface area (TPSA) is 53.1 Å². The van der Waals surface area contributed by atoms with Gasteiger partial charge in [0.05, 0.1) is 17.7 Å². The molecule has 0 N–H and O–H groups in total. The van der Waals surface area contributed by atoms with Crippen LogP contribution in [0.2, 0.25) is 5.02 Å². The van der Waals surface area contributed by atoms with Crippen molar-refractivity contribution in [3.63, 3.8) is 0 Å². The van der Waals surface area contributed by atoms with Crippen LogP contribution in [0.15, 0.2) is 52.9 Å². The van der Waals surface area contributed by atoms with Crippen molar-refractivity contribution in [2.24, 2.45) is 0 Å². The number of furan rings is 1. The number of ether oxygens (including phenoxy) is 1. The van der Waals surface area contributed by atoms with E-state index in [4.69, 9.17) is 32.4 Å². The molecule has 138 valence electrons. The molecule has 0 amide bonds. The maximum absolute atomic E-state index is 6.07. The SMILES string of the molecule is CC(C)Oc1ccc(-n2nc(CCl)nc2-c2cc3cc(Cl)ccc3o2)cc1. The number of hydrogen-bond acceptors (Lipinski definition) is 4. The van der Waals surface area contributed by atoms with Crippen LogP contribution in [-0.4, -0.2) is 20.9 Å². The van der Waals surface area contributed by atoms with Gasteiger partial charge in [0.15, 0.2) is 17.4 Å². The Morgan fingerprint density at radius 2 is 1.89 bits per heavy atom. The number of rotatable bonds is 5. The van der Waals surface area contributed by atoms with Gasteiger partial charge in [-0.3, -0.25) is 0 Å². The number of halogens is 2. The van der Waals surface area contributed by atoms with Crippen molar-refractivity contribution in [1.82, 2.24) is 14.8 Å². The zero-order chi connectivity index (χ0) is 19.0. The van der Waals surface area contributed by atoms with E-state index in [-0.39, 0.29) is 12.0 Å². The van der Waals surface area contributed by atoms with E-state index in [1.165, 1.54) is 0 Å². The summed E-state index contributed by atoms with van der Waals surface area (Å²) in [5.74, 6) is 2.70. The zero-order valence-corrected chi connectivity index (χ0v) is 16.3. The third-order valence-corrected chi connectivity index (χ3v) is 4.40. The Balaban J connectivity index is 1.78. The van der Waals surface area contributed by atoms with Gasteiger partial charge in [-0.25, -0.2) is 9.67 Å². The van der Waals surface area contributed by atoms with Gasteiger partial charge < -0.3 is 9.15 Å². The molecule has 0 unspecified atom stereocenters. The highest BCUT2D eigenvalue weighted by Crippen LogP contribution is 2.30. The smallest absolute Gasteiger partial charge is 0.199 e. The lowest BCUT2D eigenvalue weighted by atomic mass is 10.2. The van der Waals surface area contributed by atoms with Crippen LogP contribution in [-0.2, 0) is 5.88 Å². The molecule has 27 heavy (non-hydrogen) atoms. The molecule has 0 spiro atoms. The molecule has 7 heteroatoms. The van der Waals surface area contributed by atoms with E-state index < -0.39 is 0 Å². The molecule has 4 rings (SSSR count). The van der Waals surface area contributed by atoms with Crippen LogP contribution in [0.4, 0.5) is 0 Å². The minimum atomic E-state index is 0.114. The first kappa shape index (κ1) is 17.9. The second kappa shape index (κ2) is 7.25. The quantitative estimate of drug-likeness (QED) is 0.393. The Bertz CT molecular complexity index is 1080. The highest BCUT2D eigenvalue weighted by Gasteiger charge is 2.17. The third kappa shape index (κ3) is 3.66. The summed E-state index contributed by atoms with van der Waals surface area (Å²) in [5, 5.41) is 6.05. The van der Waals surface area contributed by atoms with Crippen LogP contribution in [0.5, 0.6) is 5.75 Å². The fourth-order valence-corrected chi connectivity index (χ4v) is 3.11. The predicted octanol–water partition coefficient (Wildman–Crippen LogP) is 5.86. The molecule has 0 bridgehead atoms. The van der Waals surface area contributed by atoms with E-state index in [0.717, 1.165) is 22.4 Å². The molecule has 0 aliphatic rings. The first-order valence-corrected chi connectivity index (χ1v) is 9.43. The van der Waals surface area contributed by atoms with Crippen LogP contribution in [0, 0.1) is 0 Å². The number of hydrogen-bond donors (Lipinski definition) is 0. The summed E-state index contributed by atoms with van der Waals surface area (Å²) in [6.45, 7) is 3.98. The molecule has 0 saturated heterocycles. The average Bonchev–Trinajstić information content (AvgIpc) is 3.25. The van der Waals surface area contributed by atoms with Crippen LogP contribution in [0.1, 0.15) is 19.7 Å². The van der Waals surface area contributed by atoms with Crippen molar-refractivity contribution in [3.8, 4) is 23.0 Å². The Labute approximate surface area is 166 Å². The van der Waals surface area contributed by atoms with E-state index in [1.807, 2.05) is 56.3 Å². The summed E-state index contributed by atoms with van der Waals surface area (Å²) in [4.78, 5) is 4.53. The molecule has 0 saturated carbocycles. The van der Waals surface area contributed by atoms with Crippen molar-refractivity contribution in [2.75, 3.05) is 0 Å². The van der Waals surface area contributed by atoms with Crippen molar-refractivity contribution < 1.29 is 9.15 Å². The Kier molecular flexibility index (Phi) is 4.81. The summed E-state index contributed by atoms with van der Waals surface area (Å²) >= 11 is 12.0. The highest BCUT2D eigenvalue weighted by molar-refractivity contribution is 6.31. The van der Waals surface area contributed by atoms with E-state index in [2.05, 4.69) is 10.1 Å². The van der Waals surface area contributed by atoms with Crippen molar-refractivity contribution >= 4 is 34.2 Å². The lowest BCUT2D eigenvalue weighted by molar-refractivity contribution is 0.242. The second-order valence-corrected chi connectivity index (χ2v) is 7.05. The van der Waals surface area contributed by atoms with Gasteiger partial charge in [-0.2, -0.15) is 0 Å². The normalized spacial score (nSPS) is 11.4. The summed E-state index contributed by atoms with van der Waals surface area (Å²) in [5.41, 5.74) is 1.57. The Morgan fingerprint density at radius 1 is 1.11 bits per heavy atom. The van der Waals surface area contributed by atoms with Gasteiger partial charge >= 0.3 is 0 Å². The van der Waals surface area contributed by atoms with Crippen LogP contribution >= 0.6 is 23.2 Å². The minimum absolute atomic E-state index is 0.114. The van der Waals surface area contributed by atoms with Gasteiger partial charge in [-0.05, 0) is 62.4 Å². The summed E-state index contributed by atoms with van der Waals surface area (Å²) in [6.07, 6.45) is 0.114. The van der Waals surface area contributed by atoms with Crippen molar-refractivity contribution in [2.45, 2.75) is 25.8 Å². The van der Waals surface area contributed by atoms with Gasteiger partial charge in [0.1, 0.15) is 11.3 Å². The van der Waals surface area contributed by atoms with E-state index in [9.17, 15) is 0 Å². The molecule has 0 radical (unpaired) electrons. The monoisotopic (exact) mass is 401 g/mol. The van der Waals surface area contributed by atoms with Crippen LogP contribution in [0.25, 0.3) is 28.2 Å². The summed E-state index contributed by atoms with van der Waals surface area (Å²) < 4.78 is 13.4. The first-order chi connectivity index (χ1) is 13.0. The van der Waals surface area contributed by atoms with E-state index in [0.29, 0.717) is 22.4 Å². The third-order valence-electron chi connectivity index (χ3n) is 3.92. The standard InChI is InChI=1S/C20H17Cl2N3O2/c1-12(2)26-16-6-4-15(5-7-16)25-20(23-19(11-21)24-25)18-10-13-9-14(22)3-8-17(13)27-18/h3-10,12H,11H2,1-2H3. The largest absolute Gasteiger partial charge is 0.491 e. The van der Waals surface area contributed by atoms with Crippen LogP contribution in [0.3, 0.4) is 0 Å². The maximum Gasteiger partial charge on any atom is 0.199 e. The average molecular weight is 402 g/mol. The van der Waals surface area contributed by atoms with Crippen molar-refractivity contribution in [1.29, 1.82) is 0 Å². The maximum atomic E-state index is 6.07. The molecule has 0 fully saturated rings. The fourth-order valence-electron chi connectivity index (χ4n) is 2.81. The molecule has 4 aromatic rings. The molecule has 2 aromatic carbocycles. The predicted molar refractivity (Wildman–Crippen MR) is 107 cm³/mol. The van der Waals surface area contributed by atoms with E-state index in [1.54, 1.807) is 10.7 Å². The fraction of sp³-hybridized carbons (Fsp3) is 0.200. The molecule has 0 aliphatic carbocycles. The van der Waals surface area contributed by atoms with Crippen molar-refractivity contribution in [3.05, 3.63) is 59.4 Å². The number of aromatic nitrogens is 3. The summed E-state index contributed by atoms with van der Waals surface area (Å²) in [7, 11) is 0. The van der Waals surface area contributed by atoms with E-state index >= 15 is 0 Å². The van der Waals surface area contributed by atoms with Gasteiger partial charge in [0.2, 0.25) is 0 Å². The van der Waals surface area contributed by atoms with Gasteiger partial charge in [-0.1, -0.05) is 11.6 Å². The Hall–Kier alpha value is -2.50. The second-order valence-electron chi connectivity index (χ2n) is 6.35. The molecule has 2 aromatic heterocycles.